The van der Waals surface area contributed by atoms with Crippen molar-refractivity contribution in [2.24, 2.45) is 0 Å². The Bertz CT molecular complexity index is 362. The van der Waals surface area contributed by atoms with Gasteiger partial charge in [0.05, 0.1) is 13.2 Å². The smallest absolute Gasteiger partial charge is 0.226 e. The fraction of sp³-hybridized carbons (Fsp3) is 0.643. The molecule has 4 nitrogen and oxygen atoms in total. The Labute approximate surface area is 123 Å². The van der Waals surface area contributed by atoms with Crippen LogP contribution in [0.15, 0.2) is 22.8 Å². The molecule has 19 heavy (non-hydrogen) atoms. The number of hydrogen-bond donors (Lipinski definition) is 0. The molecule has 2 aliphatic heterocycles. The Morgan fingerprint density at radius 2 is 2.05 bits per heavy atom. The van der Waals surface area contributed by atoms with Crippen molar-refractivity contribution in [3.05, 3.63) is 22.8 Å². The zero-order valence-corrected chi connectivity index (χ0v) is 12.8. The number of ether oxygens (including phenoxy) is 1. The highest BCUT2D eigenvalue weighted by Gasteiger charge is 2.15. The van der Waals surface area contributed by atoms with Gasteiger partial charge in [-0.2, -0.15) is 0 Å². The Balaban J connectivity index is 1.90. The third-order valence-corrected chi connectivity index (χ3v) is 3.87. The zero-order valence-electron chi connectivity index (χ0n) is 11.2. The second kappa shape index (κ2) is 7.82. The molecule has 0 aliphatic carbocycles. The van der Waals surface area contributed by atoms with Gasteiger partial charge in [0, 0.05) is 43.3 Å². The van der Waals surface area contributed by atoms with E-state index >= 15 is 0 Å². The van der Waals surface area contributed by atoms with Gasteiger partial charge in [-0.3, -0.25) is 9.69 Å². The van der Waals surface area contributed by atoms with E-state index in [4.69, 9.17) is 4.74 Å². The second-order valence-corrected chi connectivity index (χ2v) is 5.77. The normalized spacial score (nSPS) is 27.1. The van der Waals surface area contributed by atoms with Crippen LogP contribution in [0.2, 0.25) is 0 Å². The van der Waals surface area contributed by atoms with Crippen LogP contribution >= 0.6 is 15.9 Å². The third kappa shape index (κ3) is 5.09. The van der Waals surface area contributed by atoms with Crippen LogP contribution < -0.4 is 0 Å². The molecule has 0 spiro atoms. The van der Waals surface area contributed by atoms with Crippen molar-refractivity contribution in [3.8, 4) is 0 Å². The average Bonchev–Trinajstić information content (AvgIpc) is 2.50. The number of nitrogens with zero attached hydrogens (tertiary/aromatic N) is 2. The van der Waals surface area contributed by atoms with E-state index in [2.05, 4.69) is 26.9 Å². The lowest BCUT2D eigenvalue weighted by Crippen LogP contribution is -2.41. The number of amides is 1. The van der Waals surface area contributed by atoms with Crippen LogP contribution in [0.25, 0.3) is 0 Å². The second-order valence-electron chi connectivity index (χ2n) is 4.85. The van der Waals surface area contributed by atoms with E-state index in [0.717, 1.165) is 56.7 Å². The first-order valence-corrected chi connectivity index (χ1v) is 7.68. The lowest BCUT2D eigenvalue weighted by Gasteiger charge is -2.29. The minimum atomic E-state index is 0.217. The molecule has 106 valence electrons. The number of morpholine rings is 1. The molecule has 2 heterocycles. The van der Waals surface area contributed by atoms with Crippen molar-refractivity contribution < 1.29 is 9.53 Å². The van der Waals surface area contributed by atoms with E-state index in [-0.39, 0.29) is 5.91 Å². The summed E-state index contributed by atoms with van der Waals surface area (Å²) in [5.41, 5.74) is 0. The minimum Gasteiger partial charge on any atom is -0.379 e. The van der Waals surface area contributed by atoms with Gasteiger partial charge in [0.2, 0.25) is 5.91 Å². The van der Waals surface area contributed by atoms with Gasteiger partial charge < -0.3 is 9.64 Å². The lowest BCUT2D eigenvalue weighted by molar-refractivity contribution is -0.129. The predicted octanol–water partition coefficient (Wildman–Crippen LogP) is 2.12. The number of rotatable bonds is 3. The van der Waals surface area contributed by atoms with Crippen LogP contribution in [0.3, 0.4) is 0 Å². The van der Waals surface area contributed by atoms with E-state index in [9.17, 15) is 4.79 Å². The van der Waals surface area contributed by atoms with Crippen LogP contribution in [0.5, 0.6) is 0 Å². The maximum atomic E-state index is 12.1. The van der Waals surface area contributed by atoms with Gasteiger partial charge in [-0.15, -0.1) is 0 Å². The third-order valence-electron chi connectivity index (χ3n) is 3.40. The monoisotopic (exact) mass is 328 g/mol. The standard InChI is InChI=1S/C14H21BrN2O2/c15-13-4-2-1-3-5-14(18)17(12-13)7-6-16-8-10-19-11-9-16/h2,4,12H,1,3,5-11H2/b4-2-,13-12+. The molecule has 0 unspecified atom stereocenters. The molecule has 2 rings (SSSR count). The van der Waals surface area contributed by atoms with E-state index < -0.39 is 0 Å². The SMILES string of the molecule is O=C1CCC/C=C\C(Br)=C/N1CCN1CCOCC1. The first-order valence-electron chi connectivity index (χ1n) is 6.89. The topological polar surface area (TPSA) is 32.8 Å². The molecule has 5 heteroatoms. The van der Waals surface area contributed by atoms with Gasteiger partial charge in [0.1, 0.15) is 0 Å². The quantitative estimate of drug-likeness (QED) is 0.795. The molecule has 2 aliphatic rings. The first-order chi connectivity index (χ1) is 9.25. The largest absolute Gasteiger partial charge is 0.379 e. The summed E-state index contributed by atoms with van der Waals surface area (Å²) < 4.78 is 6.29. The van der Waals surface area contributed by atoms with E-state index in [1.807, 2.05) is 17.2 Å². The van der Waals surface area contributed by atoms with Crippen LogP contribution in [0.4, 0.5) is 0 Å². The average molecular weight is 329 g/mol. The minimum absolute atomic E-state index is 0.217. The molecule has 1 fully saturated rings. The van der Waals surface area contributed by atoms with Crippen molar-refractivity contribution >= 4 is 21.8 Å². The summed E-state index contributed by atoms with van der Waals surface area (Å²) in [5, 5.41) is 0. The van der Waals surface area contributed by atoms with E-state index in [1.165, 1.54) is 0 Å². The van der Waals surface area contributed by atoms with Crippen molar-refractivity contribution in [2.75, 3.05) is 39.4 Å². The van der Waals surface area contributed by atoms with Crippen molar-refractivity contribution in [2.45, 2.75) is 19.3 Å². The molecule has 1 saturated heterocycles. The molecule has 0 aromatic rings. The number of allylic oxidation sites excluding steroid dienone is 3. The van der Waals surface area contributed by atoms with Crippen molar-refractivity contribution in [3.63, 3.8) is 0 Å². The van der Waals surface area contributed by atoms with Gasteiger partial charge in [0.25, 0.3) is 0 Å². The number of hydrogen-bond acceptors (Lipinski definition) is 3. The molecular formula is C14H21BrN2O2. The fourth-order valence-corrected chi connectivity index (χ4v) is 2.67. The summed E-state index contributed by atoms with van der Waals surface area (Å²) in [6.45, 7) is 5.20. The fourth-order valence-electron chi connectivity index (χ4n) is 2.24. The van der Waals surface area contributed by atoms with Crippen molar-refractivity contribution in [1.29, 1.82) is 0 Å². The van der Waals surface area contributed by atoms with Gasteiger partial charge in [0.15, 0.2) is 0 Å². The Morgan fingerprint density at radius 1 is 1.26 bits per heavy atom. The van der Waals surface area contributed by atoms with Crippen LogP contribution in [-0.2, 0) is 9.53 Å². The first kappa shape index (κ1) is 14.8. The molecule has 0 atom stereocenters. The van der Waals surface area contributed by atoms with Crippen LogP contribution in [0, 0.1) is 0 Å². The van der Waals surface area contributed by atoms with Gasteiger partial charge in [-0.05, 0) is 28.8 Å². The highest BCUT2D eigenvalue weighted by Crippen LogP contribution is 2.14. The highest BCUT2D eigenvalue weighted by molar-refractivity contribution is 9.11. The summed E-state index contributed by atoms with van der Waals surface area (Å²) in [4.78, 5) is 16.3. The van der Waals surface area contributed by atoms with Gasteiger partial charge in [-0.1, -0.05) is 12.2 Å². The summed E-state index contributed by atoms with van der Waals surface area (Å²) in [5.74, 6) is 0.217. The summed E-state index contributed by atoms with van der Waals surface area (Å²) >= 11 is 3.49. The van der Waals surface area contributed by atoms with E-state index in [0.29, 0.717) is 6.42 Å². The van der Waals surface area contributed by atoms with Gasteiger partial charge in [-0.25, -0.2) is 0 Å². The number of carbonyl (C=O) groups excluding carboxylic acids is 1. The summed E-state index contributed by atoms with van der Waals surface area (Å²) in [6.07, 6.45) is 8.57. The van der Waals surface area contributed by atoms with Crippen LogP contribution in [0.1, 0.15) is 19.3 Å². The molecule has 0 N–H and O–H groups in total. The maximum Gasteiger partial charge on any atom is 0.226 e. The number of carbonyl (C=O) groups is 1. The molecule has 0 aromatic heterocycles. The maximum absolute atomic E-state index is 12.1. The molecule has 1 amide bonds. The molecular weight excluding hydrogens is 308 g/mol. The highest BCUT2D eigenvalue weighted by atomic mass is 79.9. The summed E-state index contributed by atoms with van der Waals surface area (Å²) in [7, 11) is 0. The molecule has 0 saturated carbocycles. The van der Waals surface area contributed by atoms with Crippen LogP contribution in [-0.4, -0.2) is 55.1 Å². The Kier molecular flexibility index (Phi) is 6.07. The van der Waals surface area contributed by atoms with Crippen molar-refractivity contribution in [1.82, 2.24) is 9.80 Å². The molecule has 0 radical (unpaired) electrons. The van der Waals surface area contributed by atoms with Gasteiger partial charge >= 0.3 is 0 Å². The Morgan fingerprint density at radius 3 is 2.84 bits per heavy atom. The number of halogens is 1. The summed E-state index contributed by atoms with van der Waals surface area (Å²) in [6, 6.07) is 0. The molecule has 0 aromatic carbocycles. The zero-order chi connectivity index (χ0) is 13.5. The van der Waals surface area contributed by atoms with E-state index in [1.54, 1.807) is 0 Å². The predicted molar refractivity (Wildman–Crippen MR) is 79.0 cm³/mol. The Hall–Kier alpha value is -0.650. The molecule has 0 bridgehead atoms. The lowest BCUT2D eigenvalue weighted by atomic mass is 10.2.